The molecule has 3 nitrogen and oxygen atoms in total. The Labute approximate surface area is 108 Å². The number of nitrogens with one attached hydrogen (secondary N) is 1. The molecule has 1 aromatic rings. The van der Waals surface area contributed by atoms with E-state index in [1.165, 1.54) is 13.2 Å². The second-order valence-electron chi connectivity index (χ2n) is 4.29. The highest BCUT2D eigenvalue weighted by atomic mass is 19.1. The summed E-state index contributed by atoms with van der Waals surface area (Å²) >= 11 is 0. The minimum absolute atomic E-state index is 0.278. The minimum Gasteiger partial charge on any atom is -0.494 e. The third kappa shape index (κ3) is 4.63. The van der Waals surface area contributed by atoms with Gasteiger partial charge >= 0.3 is 0 Å². The van der Waals surface area contributed by atoms with Gasteiger partial charge in [0.05, 0.1) is 13.7 Å². The molecular formula is C14H22FNO2. The van der Waals surface area contributed by atoms with Crippen LogP contribution in [0, 0.1) is 5.82 Å². The van der Waals surface area contributed by atoms with E-state index in [2.05, 4.69) is 12.2 Å². The van der Waals surface area contributed by atoms with Crippen LogP contribution in [0.3, 0.4) is 0 Å². The fourth-order valence-corrected chi connectivity index (χ4v) is 1.88. The van der Waals surface area contributed by atoms with E-state index in [0.29, 0.717) is 19.2 Å². The number of hydrogen-bond acceptors (Lipinski definition) is 3. The number of ether oxygens (including phenoxy) is 2. The summed E-state index contributed by atoms with van der Waals surface area (Å²) in [5.74, 6) is -0.0451. The van der Waals surface area contributed by atoms with Crippen LogP contribution in [0.15, 0.2) is 18.2 Å². The van der Waals surface area contributed by atoms with Crippen LogP contribution in [0.1, 0.15) is 25.3 Å². The Hall–Kier alpha value is -1.13. The van der Waals surface area contributed by atoms with Gasteiger partial charge in [-0.1, -0.05) is 19.4 Å². The largest absolute Gasteiger partial charge is 0.494 e. The van der Waals surface area contributed by atoms with E-state index < -0.39 is 0 Å². The lowest BCUT2D eigenvalue weighted by Gasteiger charge is -2.17. The van der Waals surface area contributed by atoms with Crippen LogP contribution >= 0.6 is 0 Å². The molecule has 0 saturated carbocycles. The van der Waals surface area contributed by atoms with Gasteiger partial charge in [0, 0.05) is 19.7 Å². The topological polar surface area (TPSA) is 30.5 Å². The molecule has 1 N–H and O–H groups in total. The van der Waals surface area contributed by atoms with Crippen molar-refractivity contribution < 1.29 is 13.9 Å². The molecule has 18 heavy (non-hydrogen) atoms. The van der Waals surface area contributed by atoms with E-state index in [0.717, 1.165) is 18.4 Å². The van der Waals surface area contributed by atoms with Crippen molar-refractivity contribution in [2.24, 2.45) is 0 Å². The summed E-state index contributed by atoms with van der Waals surface area (Å²) in [5, 5.41) is 3.37. The monoisotopic (exact) mass is 255 g/mol. The van der Waals surface area contributed by atoms with Crippen molar-refractivity contribution in [2.75, 3.05) is 20.8 Å². The summed E-state index contributed by atoms with van der Waals surface area (Å²) in [5.41, 5.74) is 0.908. The fraction of sp³-hybridized carbons (Fsp3) is 0.571. The molecule has 0 radical (unpaired) electrons. The SMILES string of the molecule is CCCC(COC)NCc1ccc(OC)c(F)c1. The Kier molecular flexibility index (Phi) is 6.68. The van der Waals surface area contributed by atoms with Crippen LogP contribution in [0.5, 0.6) is 5.75 Å². The van der Waals surface area contributed by atoms with Crippen LogP contribution in [0.25, 0.3) is 0 Å². The van der Waals surface area contributed by atoms with Gasteiger partial charge in [0.2, 0.25) is 0 Å². The number of methoxy groups -OCH3 is 2. The van der Waals surface area contributed by atoms with Gasteiger partial charge in [-0.25, -0.2) is 4.39 Å². The normalized spacial score (nSPS) is 12.4. The molecule has 1 unspecified atom stereocenters. The van der Waals surface area contributed by atoms with Gasteiger partial charge < -0.3 is 14.8 Å². The molecule has 0 aliphatic carbocycles. The molecule has 0 bridgehead atoms. The maximum atomic E-state index is 13.5. The Morgan fingerprint density at radius 1 is 1.33 bits per heavy atom. The van der Waals surface area contributed by atoms with E-state index in [-0.39, 0.29) is 11.6 Å². The molecular weight excluding hydrogens is 233 g/mol. The Morgan fingerprint density at radius 3 is 2.67 bits per heavy atom. The van der Waals surface area contributed by atoms with Crippen molar-refractivity contribution in [3.8, 4) is 5.75 Å². The van der Waals surface area contributed by atoms with E-state index in [1.54, 1.807) is 13.2 Å². The smallest absolute Gasteiger partial charge is 0.165 e. The van der Waals surface area contributed by atoms with Crippen LogP contribution < -0.4 is 10.1 Å². The summed E-state index contributed by atoms with van der Waals surface area (Å²) in [6, 6.07) is 5.33. The fourth-order valence-electron chi connectivity index (χ4n) is 1.88. The van der Waals surface area contributed by atoms with Crippen molar-refractivity contribution in [1.29, 1.82) is 0 Å². The molecule has 0 heterocycles. The third-order valence-corrected chi connectivity index (χ3v) is 2.82. The van der Waals surface area contributed by atoms with Gasteiger partial charge in [0.25, 0.3) is 0 Å². The van der Waals surface area contributed by atoms with Crippen molar-refractivity contribution in [3.63, 3.8) is 0 Å². The number of rotatable bonds is 8. The molecule has 1 aromatic carbocycles. The average molecular weight is 255 g/mol. The first-order valence-electron chi connectivity index (χ1n) is 6.26. The maximum Gasteiger partial charge on any atom is 0.165 e. The molecule has 4 heteroatoms. The third-order valence-electron chi connectivity index (χ3n) is 2.82. The first-order valence-corrected chi connectivity index (χ1v) is 6.26. The summed E-state index contributed by atoms with van der Waals surface area (Å²) in [7, 11) is 3.16. The zero-order valence-corrected chi connectivity index (χ0v) is 11.3. The molecule has 1 atom stereocenters. The molecule has 0 aliphatic rings. The number of hydrogen-bond donors (Lipinski definition) is 1. The molecule has 102 valence electrons. The Balaban J connectivity index is 2.53. The quantitative estimate of drug-likeness (QED) is 0.774. The van der Waals surface area contributed by atoms with Gasteiger partial charge in [-0.3, -0.25) is 0 Å². The summed E-state index contributed by atoms with van der Waals surface area (Å²) in [6.45, 7) is 3.44. The molecule has 0 fully saturated rings. The molecule has 0 aliphatic heterocycles. The molecule has 0 aromatic heterocycles. The van der Waals surface area contributed by atoms with E-state index in [4.69, 9.17) is 9.47 Å². The lowest BCUT2D eigenvalue weighted by atomic mass is 10.1. The lowest BCUT2D eigenvalue weighted by Crippen LogP contribution is -2.32. The lowest BCUT2D eigenvalue weighted by molar-refractivity contribution is 0.161. The molecule has 1 rings (SSSR count). The van der Waals surface area contributed by atoms with Gasteiger partial charge in [-0.2, -0.15) is 0 Å². The number of benzene rings is 1. The van der Waals surface area contributed by atoms with Gasteiger partial charge in [0.1, 0.15) is 0 Å². The average Bonchev–Trinajstić information content (AvgIpc) is 2.36. The first kappa shape index (κ1) is 14.9. The van der Waals surface area contributed by atoms with Crippen LogP contribution in [-0.4, -0.2) is 26.9 Å². The van der Waals surface area contributed by atoms with Crippen LogP contribution in [0.4, 0.5) is 4.39 Å². The number of halogens is 1. The van der Waals surface area contributed by atoms with E-state index in [9.17, 15) is 4.39 Å². The summed E-state index contributed by atoms with van der Waals surface area (Å²) < 4.78 is 23.5. The highest BCUT2D eigenvalue weighted by Crippen LogP contribution is 2.17. The molecule has 0 amide bonds. The van der Waals surface area contributed by atoms with Gasteiger partial charge in [-0.05, 0) is 24.1 Å². The van der Waals surface area contributed by atoms with Gasteiger partial charge in [0.15, 0.2) is 11.6 Å². The maximum absolute atomic E-state index is 13.5. The van der Waals surface area contributed by atoms with Crippen molar-refractivity contribution >= 4 is 0 Å². The predicted molar refractivity (Wildman–Crippen MR) is 70.4 cm³/mol. The zero-order chi connectivity index (χ0) is 13.4. The van der Waals surface area contributed by atoms with Crippen molar-refractivity contribution in [2.45, 2.75) is 32.4 Å². The Morgan fingerprint density at radius 2 is 2.11 bits per heavy atom. The van der Waals surface area contributed by atoms with Crippen molar-refractivity contribution in [3.05, 3.63) is 29.6 Å². The summed E-state index contributed by atoms with van der Waals surface area (Å²) in [6.07, 6.45) is 2.14. The standard InChI is InChI=1S/C14H22FNO2/c1-4-5-12(10-17-2)16-9-11-6-7-14(18-3)13(15)8-11/h6-8,12,16H,4-5,9-10H2,1-3H3. The van der Waals surface area contributed by atoms with Gasteiger partial charge in [-0.15, -0.1) is 0 Å². The van der Waals surface area contributed by atoms with Crippen molar-refractivity contribution in [1.82, 2.24) is 5.32 Å². The highest BCUT2D eigenvalue weighted by Gasteiger charge is 2.08. The first-order chi connectivity index (χ1) is 8.71. The van der Waals surface area contributed by atoms with Crippen LogP contribution in [0.2, 0.25) is 0 Å². The summed E-state index contributed by atoms with van der Waals surface area (Å²) in [4.78, 5) is 0. The second kappa shape index (κ2) is 8.06. The van der Waals surface area contributed by atoms with E-state index in [1.807, 2.05) is 6.07 Å². The predicted octanol–water partition coefficient (Wildman–Crippen LogP) is 2.74. The second-order valence-corrected chi connectivity index (χ2v) is 4.29. The highest BCUT2D eigenvalue weighted by molar-refractivity contribution is 5.29. The molecule has 0 spiro atoms. The van der Waals surface area contributed by atoms with E-state index >= 15 is 0 Å². The van der Waals surface area contributed by atoms with Crippen LogP contribution in [-0.2, 0) is 11.3 Å². The zero-order valence-electron chi connectivity index (χ0n) is 11.3. The minimum atomic E-state index is -0.324. The molecule has 0 saturated heterocycles. The Bertz CT molecular complexity index is 352.